The third kappa shape index (κ3) is 5.69. The third-order valence-corrected chi connectivity index (χ3v) is 8.00. The number of fused-ring (bicyclic) bond motifs is 1. The van der Waals surface area contributed by atoms with Crippen LogP contribution in [0, 0.1) is 17.8 Å². The zero-order chi connectivity index (χ0) is 24.5. The fourth-order valence-corrected chi connectivity index (χ4v) is 5.82. The summed E-state index contributed by atoms with van der Waals surface area (Å²) in [5.74, 6) is 0.0694. The van der Waals surface area contributed by atoms with Gasteiger partial charge in [-0.1, -0.05) is 38.1 Å². The summed E-state index contributed by atoms with van der Waals surface area (Å²) >= 11 is 0. The van der Waals surface area contributed by atoms with Gasteiger partial charge in [0, 0.05) is 0 Å². The molecule has 0 spiro atoms. The second-order valence-electron chi connectivity index (χ2n) is 10.6. The lowest BCUT2D eigenvalue weighted by Gasteiger charge is -2.29. The molecule has 2 aliphatic carbocycles. The molecule has 3 nitrogen and oxygen atoms in total. The van der Waals surface area contributed by atoms with Crippen LogP contribution in [0.25, 0.3) is 10.8 Å². The van der Waals surface area contributed by atoms with Crippen LogP contribution in [0.1, 0.15) is 88.7 Å². The van der Waals surface area contributed by atoms with Crippen LogP contribution >= 0.6 is 0 Å². The number of carbonyl (C=O) groups is 1. The quantitative estimate of drug-likeness (QED) is 0.457. The lowest BCUT2D eigenvalue weighted by Crippen LogP contribution is -2.24. The van der Waals surface area contributed by atoms with E-state index in [1.807, 2.05) is 6.07 Å². The van der Waals surface area contributed by atoms with Crippen molar-refractivity contribution >= 4 is 16.7 Å². The number of ether oxygens (including phenoxy) is 1. The minimum atomic E-state index is -4.51. The molecule has 0 radical (unpaired) electrons. The average Bonchev–Trinajstić information content (AvgIpc) is 2.79. The zero-order valence-corrected chi connectivity index (χ0v) is 20.0. The second kappa shape index (κ2) is 10.2. The smallest absolute Gasteiger partial charge is 0.420 e. The van der Waals surface area contributed by atoms with Crippen molar-refractivity contribution in [1.29, 1.82) is 0 Å². The molecule has 0 saturated heterocycles. The minimum Gasteiger partial charge on any atom is -0.490 e. The summed E-state index contributed by atoms with van der Waals surface area (Å²) < 4.78 is 48.8. The van der Waals surface area contributed by atoms with Crippen molar-refractivity contribution in [3.05, 3.63) is 41.5 Å². The van der Waals surface area contributed by atoms with Gasteiger partial charge in [-0.2, -0.15) is 13.2 Å². The standard InChI is InChI=1S/C28H35F3O3/c1-17-3-12-23(13-4-17)34-25-14-11-20-9-10-22(16-24(20)26(25)28(29,30)31)18(2)15-19-5-7-21(8-6-19)27(32)33/h9-11,14,16-19,21,23H,3-8,12-13,15H2,1-2H3,(H,32,33). The molecule has 0 heterocycles. The van der Waals surface area contributed by atoms with E-state index in [0.717, 1.165) is 50.5 Å². The molecule has 2 aromatic carbocycles. The molecule has 2 fully saturated rings. The van der Waals surface area contributed by atoms with E-state index < -0.39 is 17.7 Å². The Hall–Kier alpha value is -2.24. The van der Waals surface area contributed by atoms with Gasteiger partial charge in [0.1, 0.15) is 11.3 Å². The van der Waals surface area contributed by atoms with Gasteiger partial charge in [-0.25, -0.2) is 0 Å². The Bertz CT molecular complexity index is 1000. The van der Waals surface area contributed by atoms with Crippen molar-refractivity contribution in [2.45, 2.75) is 89.8 Å². The van der Waals surface area contributed by atoms with Crippen LogP contribution in [-0.2, 0) is 11.0 Å². The Labute approximate surface area is 199 Å². The van der Waals surface area contributed by atoms with Crippen molar-refractivity contribution in [1.82, 2.24) is 0 Å². The highest BCUT2D eigenvalue weighted by Crippen LogP contribution is 2.44. The Kier molecular flexibility index (Phi) is 7.44. The Morgan fingerprint density at radius 3 is 2.29 bits per heavy atom. The van der Waals surface area contributed by atoms with Crippen molar-refractivity contribution in [3.8, 4) is 5.75 Å². The molecule has 1 unspecified atom stereocenters. The third-order valence-electron chi connectivity index (χ3n) is 8.00. The van der Waals surface area contributed by atoms with E-state index in [2.05, 4.69) is 13.8 Å². The highest BCUT2D eigenvalue weighted by atomic mass is 19.4. The summed E-state index contributed by atoms with van der Waals surface area (Å²) in [6.45, 7) is 4.23. The molecule has 2 aliphatic rings. The van der Waals surface area contributed by atoms with E-state index in [9.17, 15) is 23.1 Å². The van der Waals surface area contributed by atoms with E-state index >= 15 is 0 Å². The molecular weight excluding hydrogens is 441 g/mol. The van der Waals surface area contributed by atoms with Gasteiger partial charge in [0.25, 0.3) is 0 Å². The Morgan fingerprint density at radius 2 is 1.68 bits per heavy atom. The number of alkyl halides is 3. The fourth-order valence-electron chi connectivity index (χ4n) is 5.82. The molecule has 2 aromatic rings. The van der Waals surface area contributed by atoms with Crippen LogP contribution in [0.4, 0.5) is 13.2 Å². The molecule has 6 heteroatoms. The molecule has 4 rings (SSSR count). The van der Waals surface area contributed by atoms with E-state index in [0.29, 0.717) is 30.1 Å². The second-order valence-corrected chi connectivity index (χ2v) is 10.6. The van der Waals surface area contributed by atoms with Crippen molar-refractivity contribution < 1.29 is 27.8 Å². The highest BCUT2D eigenvalue weighted by Gasteiger charge is 2.37. The van der Waals surface area contributed by atoms with Crippen LogP contribution in [-0.4, -0.2) is 17.2 Å². The number of hydrogen-bond acceptors (Lipinski definition) is 2. The minimum absolute atomic E-state index is 0.0589. The van der Waals surface area contributed by atoms with E-state index in [1.54, 1.807) is 18.2 Å². The molecule has 34 heavy (non-hydrogen) atoms. The summed E-state index contributed by atoms with van der Waals surface area (Å²) in [5.41, 5.74) is 0.224. The summed E-state index contributed by atoms with van der Waals surface area (Å²) in [7, 11) is 0. The van der Waals surface area contributed by atoms with Gasteiger partial charge >= 0.3 is 12.1 Å². The van der Waals surface area contributed by atoms with Crippen LogP contribution < -0.4 is 4.74 Å². The molecule has 0 amide bonds. The number of carboxylic acids is 1. The first-order chi connectivity index (χ1) is 16.1. The van der Waals surface area contributed by atoms with Gasteiger partial charge in [0.05, 0.1) is 12.0 Å². The predicted molar refractivity (Wildman–Crippen MR) is 127 cm³/mol. The van der Waals surface area contributed by atoms with E-state index in [4.69, 9.17) is 4.74 Å². The topological polar surface area (TPSA) is 46.5 Å². The summed E-state index contributed by atoms with van der Waals surface area (Å²) in [4.78, 5) is 11.2. The molecule has 1 N–H and O–H groups in total. The maximum atomic E-state index is 14.3. The maximum absolute atomic E-state index is 14.3. The molecule has 186 valence electrons. The summed E-state index contributed by atoms with van der Waals surface area (Å²) in [5, 5.41) is 9.98. The molecule has 2 saturated carbocycles. The van der Waals surface area contributed by atoms with Crippen molar-refractivity contribution in [3.63, 3.8) is 0 Å². The lowest BCUT2D eigenvalue weighted by atomic mass is 9.77. The molecule has 1 atom stereocenters. The first-order valence-corrected chi connectivity index (χ1v) is 12.6. The van der Waals surface area contributed by atoms with Gasteiger partial charge in [0.2, 0.25) is 0 Å². The number of benzene rings is 2. The van der Waals surface area contributed by atoms with Crippen LogP contribution in [0.15, 0.2) is 30.3 Å². The van der Waals surface area contributed by atoms with E-state index in [1.165, 1.54) is 6.07 Å². The fraction of sp³-hybridized carbons (Fsp3) is 0.607. The maximum Gasteiger partial charge on any atom is 0.420 e. The number of halogens is 3. The number of rotatable bonds is 6. The lowest BCUT2D eigenvalue weighted by molar-refractivity contribution is -0.143. The van der Waals surface area contributed by atoms with Gasteiger partial charge < -0.3 is 9.84 Å². The van der Waals surface area contributed by atoms with Gasteiger partial charge in [-0.15, -0.1) is 0 Å². The SMILES string of the molecule is CC1CCC(Oc2ccc3ccc(C(C)CC4CCC(C(=O)O)CC4)cc3c2C(F)(F)F)CC1. The largest absolute Gasteiger partial charge is 0.490 e. The van der Waals surface area contributed by atoms with Gasteiger partial charge in [-0.05, 0) is 97.9 Å². The van der Waals surface area contributed by atoms with Crippen LogP contribution in [0.3, 0.4) is 0 Å². The highest BCUT2D eigenvalue weighted by molar-refractivity contribution is 5.89. The number of hydrogen-bond donors (Lipinski definition) is 1. The number of aliphatic carboxylic acids is 1. The monoisotopic (exact) mass is 476 g/mol. The number of carboxylic acid groups (broad SMARTS) is 1. The molecule has 0 aliphatic heterocycles. The van der Waals surface area contributed by atoms with Crippen molar-refractivity contribution in [2.75, 3.05) is 0 Å². The van der Waals surface area contributed by atoms with Gasteiger partial charge in [-0.3, -0.25) is 4.79 Å². The summed E-state index contributed by atoms with van der Waals surface area (Å²) in [6, 6.07) is 8.62. The molecule has 0 aromatic heterocycles. The van der Waals surface area contributed by atoms with Crippen LogP contribution in [0.5, 0.6) is 5.75 Å². The normalized spacial score (nSPS) is 26.9. The van der Waals surface area contributed by atoms with Crippen molar-refractivity contribution in [2.24, 2.45) is 17.8 Å². The van der Waals surface area contributed by atoms with Gasteiger partial charge in [0.15, 0.2) is 0 Å². The molecular formula is C28H35F3O3. The predicted octanol–water partition coefficient (Wildman–Crippen LogP) is 8.20. The Morgan fingerprint density at radius 1 is 1.03 bits per heavy atom. The average molecular weight is 477 g/mol. The zero-order valence-electron chi connectivity index (χ0n) is 20.0. The Balaban J connectivity index is 1.57. The first-order valence-electron chi connectivity index (χ1n) is 12.6. The first kappa shape index (κ1) is 24.9. The van der Waals surface area contributed by atoms with Crippen LogP contribution in [0.2, 0.25) is 0 Å². The van der Waals surface area contributed by atoms with E-state index in [-0.39, 0.29) is 29.1 Å². The summed E-state index contributed by atoms with van der Waals surface area (Å²) in [6.07, 6.45) is 2.82. The molecule has 0 bridgehead atoms.